The monoisotopic (exact) mass is 356 g/mol. The van der Waals surface area contributed by atoms with Crippen LogP contribution in [-0.2, 0) is 9.47 Å². The number of carbonyl (C=O) groups excluding carboxylic acids is 1. The Hall–Kier alpha value is -2.38. The van der Waals surface area contributed by atoms with Gasteiger partial charge in [-0.1, -0.05) is 30.3 Å². The number of rotatable bonds is 3. The molecule has 0 bridgehead atoms. The van der Waals surface area contributed by atoms with Crippen molar-refractivity contribution in [3.05, 3.63) is 36.0 Å². The van der Waals surface area contributed by atoms with Gasteiger partial charge in [-0.25, -0.2) is 0 Å². The molecule has 1 atom stereocenters. The number of aromatic amines is 1. The smallest absolute Gasteiger partial charge is 0.270 e. The molecule has 7 heteroatoms. The maximum atomic E-state index is 12.9. The Balaban J connectivity index is 1.51. The Labute approximate surface area is 152 Å². The molecule has 1 spiro atoms. The van der Waals surface area contributed by atoms with Crippen molar-refractivity contribution in [2.45, 2.75) is 37.3 Å². The van der Waals surface area contributed by atoms with Crippen LogP contribution < -0.4 is 11.1 Å². The van der Waals surface area contributed by atoms with Crippen molar-refractivity contribution in [1.82, 2.24) is 15.5 Å². The quantitative estimate of drug-likeness (QED) is 0.782. The summed E-state index contributed by atoms with van der Waals surface area (Å²) in [7, 11) is 0. The molecule has 1 aromatic carbocycles. The zero-order valence-corrected chi connectivity index (χ0v) is 14.7. The van der Waals surface area contributed by atoms with E-state index >= 15 is 0 Å². The number of benzene rings is 1. The third-order valence-electron chi connectivity index (χ3n) is 5.32. The summed E-state index contributed by atoms with van der Waals surface area (Å²) in [6.45, 7) is 2.09. The number of H-pyrrole nitrogens is 1. The van der Waals surface area contributed by atoms with Crippen molar-refractivity contribution in [3.63, 3.8) is 0 Å². The van der Waals surface area contributed by atoms with Crippen molar-refractivity contribution in [3.8, 4) is 11.1 Å². The topological polar surface area (TPSA) is 102 Å². The SMILES string of the molecule is Nc1n[nH]c(C(=O)N[C@H]2CCOC3(CCOCC3)C2)c1-c1ccccc1. The Bertz CT molecular complexity index is 763. The largest absolute Gasteiger partial charge is 0.382 e. The van der Waals surface area contributed by atoms with Crippen molar-refractivity contribution < 1.29 is 14.3 Å². The number of carbonyl (C=O) groups is 1. The van der Waals surface area contributed by atoms with Crippen molar-refractivity contribution in [2.24, 2.45) is 0 Å². The Morgan fingerprint density at radius 3 is 2.77 bits per heavy atom. The Morgan fingerprint density at radius 2 is 2.00 bits per heavy atom. The van der Waals surface area contributed by atoms with Crippen LogP contribution in [0.15, 0.2) is 30.3 Å². The van der Waals surface area contributed by atoms with E-state index in [9.17, 15) is 4.79 Å². The molecule has 2 aliphatic rings. The van der Waals surface area contributed by atoms with Crippen LogP contribution >= 0.6 is 0 Å². The standard InChI is InChI=1S/C19H24N4O3/c20-17-15(13-4-2-1-3-5-13)16(22-23-17)18(24)21-14-6-9-26-19(12-14)7-10-25-11-8-19/h1-5,14H,6-12H2,(H,21,24)(H3,20,22,23)/t14-/m0/s1. The van der Waals surface area contributed by atoms with E-state index in [0.29, 0.717) is 23.7 Å². The molecule has 3 heterocycles. The molecule has 4 rings (SSSR count). The van der Waals surface area contributed by atoms with Gasteiger partial charge in [0.05, 0.1) is 11.2 Å². The highest BCUT2D eigenvalue weighted by Gasteiger charge is 2.39. The zero-order valence-electron chi connectivity index (χ0n) is 14.7. The van der Waals surface area contributed by atoms with Gasteiger partial charge in [-0.05, 0) is 31.2 Å². The predicted molar refractivity (Wildman–Crippen MR) is 97.7 cm³/mol. The number of aromatic nitrogens is 2. The van der Waals surface area contributed by atoms with E-state index in [0.717, 1.165) is 44.5 Å². The molecular weight excluding hydrogens is 332 g/mol. The Morgan fingerprint density at radius 1 is 1.23 bits per heavy atom. The van der Waals surface area contributed by atoms with Crippen LogP contribution in [0.5, 0.6) is 0 Å². The third kappa shape index (κ3) is 3.32. The molecule has 2 aromatic rings. The second-order valence-electron chi connectivity index (χ2n) is 7.03. The van der Waals surface area contributed by atoms with Crippen LogP contribution in [0.4, 0.5) is 5.82 Å². The first kappa shape index (κ1) is 17.1. The second-order valence-corrected chi connectivity index (χ2v) is 7.03. The van der Waals surface area contributed by atoms with E-state index in [1.807, 2.05) is 30.3 Å². The van der Waals surface area contributed by atoms with Gasteiger partial charge in [0.15, 0.2) is 5.82 Å². The molecule has 2 fully saturated rings. The highest BCUT2D eigenvalue weighted by Crippen LogP contribution is 2.34. The van der Waals surface area contributed by atoms with Gasteiger partial charge in [0.25, 0.3) is 5.91 Å². The van der Waals surface area contributed by atoms with E-state index in [4.69, 9.17) is 15.2 Å². The minimum absolute atomic E-state index is 0.0718. The summed E-state index contributed by atoms with van der Waals surface area (Å²) in [6, 6.07) is 9.66. The van der Waals surface area contributed by atoms with Crippen molar-refractivity contribution in [1.29, 1.82) is 0 Å². The molecule has 0 saturated carbocycles. The highest BCUT2D eigenvalue weighted by atomic mass is 16.5. The second kappa shape index (κ2) is 7.09. The van der Waals surface area contributed by atoms with Crippen LogP contribution in [-0.4, -0.2) is 47.6 Å². The zero-order chi connectivity index (χ0) is 18.0. The molecule has 2 aliphatic heterocycles. The number of nitrogens with one attached hydrogen (secondary N) is 2. The molecule has 7 nitrogen and oxygen atoms in total. The minimum atomic E-state index is -0.179. The molecular formula is C19H24N4O3. The number of ether oxygens (including phenoxy) is 2. The number of nitrogen functional groups attached to an aromatic ring is 1. The lowest BCUT2D eigenvalue weighted by molar-refractivity contribution is -0.139. The van der Waals surface area contributed by atoms with E-state index < -0.39 is 0 Å². The first-order chi connectivity index (χ1) is 12.7. The van der Waals surface area contributed by atoms with Gasteiger partial charge in [0.2, 0.25) is 0 Å². The molecule has 1 amide bonds. The summed E-state index contributed by atoms with van der Waals surface area (Å²) in [5, 5.41) is 9.98. The molecule has 1 aromatic heterocycles. The summed E-state index contributed by atoms with van der Waals surface area (Å²) < 4.78 is 11.5. The normalized spacial score (nSPS) is 22.2. The molecule has 138 valence electrons. The lowest BCUT2D eigenvalue weighted by atomic mass is 9.84. The first-order valence-electron chi connectivity index (χ1n) is 9.09. The molecule has 0 radical (unpaired) electrons. The third-order valence-corrected chi connectivity index (χ3v) is 5.32. The summed E-state index contributed by atoms with van der Waals surface area (Å²) in [5.74, 6) is 0.149. The maximum Gasteiger partial charge on any atom is 0.270 e. The summed E-state index contributed by atoms with van der Waals surface area (Å²) in [4.78, 5) is 12.9. The maximum absolute atomic E-state index is 12.9. The van der Waals surface area contributed by atoms with Crippen LogP contribution in [0, 0.1) is 0 Å². The number of nitrogens with two attached hydrogens (primary N) is 1. The summed E-state index contributed by atoms with van der Waals surface area (Å²) in [5.41, 5.74) is 7.76. The van der Waals surface area contributed by atoms with E-state index in [-0.39, 0.29) is 17.6 Å². The molecule has 4 N–H and O–H groups in total. The van der Waals surface area contributed by atoms with Gasteiger partial charge < -0.3 is 20.5 Å². The van der Waals surface area contributed by atoms with Gasteiger partial charge in [0.1, 0.15) is 5.69 Å². The number of hydrogen-bond donors (Lipinski definition) is 3. The van der Waals surface area contributed by atoms with Crippen molar-refractivity contribution in [2.75, 3.05) is 25.6 Å². The lowest BCUT2D eigenvalue weighted by Crippen LogP contribution is -2.51. The summed E-state index contributed by atoms with van der Waals surface area (Å²) in [6.07, 6.45) is 3.38. The van der Waals surface area contributed by atoms with Crippen LogP contribution in [0.1, 0.15) is 36.2 Å². The van der Waals surface area contributed by atoms with E-state index in [1.54, 1.807) is 0 Å². The van der Waals surface area contributed by atoms with E-state index in [2.05, 4.69) is 15.5 Å². The molecule has 0 aliphatic carbocycles. The average Bonchev–Trinajstić information content (AvgIpc) is 3.05. The number of amides is 1. The van der Waals surface area contributed by atoms with Crippen LogP contribution in [0.25, 0.3) is 11.1 Å². The highest BCUT2D eigenvalue weighted by molar-refractivity contribution is 6.01. The molecule has 2 saturated heterocycles. The van der Waals surface area contributed by atoms with E-state index in [1.165, 1.54) is 0 Å². The number of anilines is 1. The van der Waals surface area contributed by atoms with Gasteiger partial charge >= 0.3 is 0 Å². The Kier molecular flexibility index (Phi) is 4.65. The van der Waals surface area contributed by atoms with Crippen molar-refractivity contribution >= 4 is 11.7 Å². The first-order valence-corrected chi connectivity index (χ1v) is 9.09. The summed E-state index contributed by atoms with van der Waals surface area (Å²) >= 11 is 0. The van der Waals surface area contributed by atoms with Gasteiger partial charge in [-0.3, -0.25) is 9.89 Å². The van der Waals surface area contributed by atoms with Gasteiger partial charge in [-0.15, -0.1) is 0 Å². The molecule has 26 heavy (non-hydrogen) atoms. The van der Waals surface area contributed by atoms with Crippen LogP contribution in [0.2, 0.25) is 0 Å². The fourth-order valence-corrected chi connectivity index (χ4v) is 3.92. The van der Waals surface area contributed by atoms with Crippen LogP contribution in [0.3, 0.4) is 0 Å². The number of nitrogens with zero attached hydrogens (tertiary/aromatic N) is 1. The number of hydrogen-bond acceptors (Lipinski definition) is 5. The predicted octanol–water partition coefficient (Wildman–Crippen LogP) is 2.12. The lowest BCUT2D eigenvalue weighted by Gasteiger charge is -2.43. The fraction of sp³-hybridized carbons (Fsp3) is 0.474. The minimum Gasteiger partial charge on any atom is -0.382 e. The average molecular weight is 356 g/mol. The van der Waals surface area contributed by atoms with Gasteiger partial charge in [-0.2, -0.15) is 5.10 Å². The van der Waals surface area contributed by atoms with Gasteiger partial charge in [0, 0.05) is 25.9 Å². The fourth-order valence-electron chi connectivity index (χ4n) is 3.92. The molecule has 0 unspecified atom stereocenters.